The van der Waals surface area contributed by atoms with E-state index < -0.39 is 5.69 Å². The molecule has 1 amide bonds. The Bertz CT molecular complexity index is 1070. The van der Waals surface area contributed by atoms with Gasteiger partial charge in [0.2, 0.25) is 5.91 Å². The standard InChI is InChI=1S/C22H25N3O3/c1-2-15-24-21(27)18-12-6-7-13-19(18)25(22(24)28)16-20(26)23-14-8-11-17-9-4-3-5-10-17/h3-7,9-10,12-13H,2,8,11,14-16H2,1H3,(H,23,26). The van der Waals surface area contributed by atoms with Gasteiger partial charge in [0, 0.05) is 13.1 Å². The highest BCUT2D eigenvalue weighted by Gasteiger charge is 2.14. The third-order valence-electron chi connectivity index (χ3n) is 4.69. The van der Waals surface area contributed by atoms with Crippen LogP contribution in [0.4, 0.5) is 0 Å². The van der Waals surface area contributed by atoms with Gasteiger partial charge in [0.1, 0.15) is 6.54 Å². The van der Waals surface area contributed by atoms with Crippen LogP contribution in [-0.2, 0) is 24.3 Å². The molecular formula is C22H25N3O3. The quantitative estimate of drug-likeness (QED) is 0.611. The molecule has 146 valence electrons. The molecule has 0 fully saturated rings. The van der Waals surface area contributed by atoms with E-state index in [9.17, 15) is 14.4 Å². The monoisotopic (exact) mass is 379 g/mol. The SMILES string of the molecule is CCCn1c(=O)c2ccccc2n(CC(=O)NCCCc2ccccc2)c1=O. The van der Waals surface area contributed by atoms with Gasteiger partial charge in [-0.05, 0) is 37.0 Å². The van der Waals surface area contributed by atoms with Crippen LogP contribution in [0.25, 0.3) is 10.9 Å². The van der Waals surface area contributed by atoms with Crippen LogP contribution in [0.5, 0.6) is 0 Å². The molecule has 3 rings (SSSR count). The summed E-state index contributed by atoms with van der Waals surface area (Å²) in [6.07, 6.45) is 2.37. The van der Waals surface area contributed by atoms with Crippen molar-refractivity contribution in [2.24, 2.45) is 0 Å². The fourth-order valence-electron chi connectivity index (χ4n) is 3.31. The summed E-state index contributed by atoms with van der Waals surface area (Å²) in [6, 6.07) is 17.0. The molecule has 3 aromatic rings. The summed E-state index contributed by atoms with van der Waals surface area (Å²) in [6.45, 7) is 2.68. The molecule has 0 bridgehead atoms. The van der Waals surface area contributed by atoms with E-state index in [1.54, 1.807) is 24.3 Å². The lowest BCUT2D eigenvalue weighted by Gasteiger charge is -2.13. The molecule has 0 saturated carbocycles. The van der Waals surface area contributed by atoms with Crippen LogP contribution in [0.2, 0.25) is 0 Å². The van der Waals surface area contributed by atoms with Gasteiger partial charge in [0.25, 0.3) is 5.56 Å². The summed E-state index contributed by atoms with van der Waals surface area (Å²) in [7, 11) is 0. The number of aromatic nitrogens is 2. The van der Waals surface area contributed by atoms with Crippen LogP contribution in [0.3, 0.4) is 0 Å². The van der Waals surface area contributed by atoms with Crippen molar-refractivity contribution in [2.75, 3.05) is 6.54 Å². The highest BCUT2D eigenvalue weighted by Crippen LogP contribution is 2.07. The summed E-state index contributed by atoms with van der Waals surface area (Å²) in [5.74, 6) is -0.234. The Morgan fingerprint density at radius 2 is 1.68 bits per heavy atom. The highest BCUT2D eigenvalue weighted by atomic mass is 16.2. The number of carbonyl (C=O) groups is 1. The molecule has 0 spiro atoms. The van der Waals surface area contributed by atoms with E-state index in [0.717, 1.165) is 12.8 Å². The first-order valence-corrected chi connectivity index (χ1v) is 9.65. The Labute approximate surface area is 163 Å². The third kappa shape index (κ3) is 4.39. The van der Waals surface area contributed by atoms with Crippen LogP contribution >= 0.6 is 0 Å². The Morgan fingerprint density at radius 1 is 0.964 bits per heavy atom. The van der Waals surface area contributed by atoms with Gasteiger partial charge in [0.05, 0.1) is 10.9 Å². The summed E-state index contributed by atoms with van der Waals surface area (Å²) in [5, 5.41) is 3.32. The van der Waals surface area contributed by atoms with Gasteiger partial charge in [-0.2, -0.15) is 0 Å². The number of amides is 1. The fourth-order valence-corrected chi connectivity index (χ4v) is 3.31. The molecule has 28 heavy (non-hydrogen) atoms. The third-order valence-corrected chi connectivity index (χ3v) is 4.69. The predicted octanol–water partition coefficient (Wildman–Crippen LogP) is 2.32. The maximum absolute atomic E-state index is 12.8. The summed E-state index contributed by atoms with van der Waals surface area (Å²) < 4.78 is 2.60. The van der Waals surface area contributed by atoms with Crippen molar-refractivity contribution in [3.05, 3.63) is 81.0 Å². The van der Waals surface area contributed by atoms with Gasteiger partial charge in [0.15, 0.2) is 0 Å². The first kappa shape index (κ1) is 19.6. The van der Waals surface area contributed by atoms with Crippen LogP contribution in [0, 0.1) is 0 Å². The van der Waals surface area contributed by atoms with Gasteiger partial charge >= 0.3 is 5.69 Å². The number of nitrogens with one attached hydrogen (secondary N) is 1. The molecule has 0 saturated heterocycles. The zero-order valence-electron chi connectivity index (χ0n) is 16.1. The van der Waals surface area contributed by atoms with Crippen molar-refractivity contribution in [1.82, 2.24) is 14.5 Å². The van der Waals surface area contributed by atoms with E-state index in [4.69, 9.17) is 0 Å². The fraction of sp³-hybridized carbons (Fsp3) is 0.318. The number of rotatable bonds is 8. The van der Waals surface area contributed by atoms with Gasteiger partial charge in [-0.25, -0.2) is 4.79 Å². The van der Waals surface area contributed by atoms with Crippen LogP contribution < -0.4 is 16.6 Å². The number of para-hydroxylation sites is 1. The second kappa shape index (κ2) is 9.17. The van der Waals surface area contributed by atoms with E-state index in [1.807, 2.05) is 25.1 Å². The van der Waals surface area contributed by atoms with E-state index >= 15 is 0 Å². The van der Waals surface area contributed by atoms with Crippen molar-refractivity contribution >= 4 is 16.8 Å². The first-order valence-electron chi connectivity index (χ1n) is 9.65. The van der Waals surface area contributed by atoms with E-state index in [0.29, 0.717) is 30.4 Å². The van der Waals surface area contributed by atoms with Crippen molar-refractivity contribution < 1.29 is 4.79 Å². The molecule has 1 aromatic heterocycles. The van der Waals surface area contributed by atoms with Crippen LogP contribution in [0.1, 0.15) is 25.3 Å². The minimum atomic E-state index is -0.440. The lowest BCUT2D eigenvalue weighted by Crippen LogP contribution is -2.42. The molecule has 1 heterocycles. The minimum Gasteiger partial charge on any atom is -0.355 e. The molecule has 0 atom stereocenters. The average Bonchev–Trinajstić information content (AvgIpc) is 2.72. The largest absolute Gasteiger partial charge is 0.355 e. The predicted molar refractivity (Wildman–Crippen MR) is 111 cm³/mol. The minimum absolute atomic E-state index is 0.103. The number of benzene rings is 2. The van der Waals surface area contributed by atoms with Crippen LogP contribution in [0.15, 0.2) is 64.2 Å². The molecule has 0 aliphatic heterocycles. The lowest BCUT2D eigenvalue weighted by atomic mass is 10.1. The Hall–Kier alpha value is -3.15. The molecule has 0 unspecified atom stereocenters. The number of aryl methyl sites for hydroxylation is 1. The van der Waals surface area contributed by atoms with E-state index in [1.165, 1.54) is 14.7 Å². The zero-order chi connectivity index (χ0) is 19.9. The van der Waals surface area contributed by atoms with Crippen molar-refractivity contribution in [1.29, 1.82) is 0 Å². The molecule has 0 aliphatic rings. The topological polar surface area (TPSA) is 73.1 Å². The maximum atomic E-state index is 12.8. The number of fused-ring (bicyclic) bond motifs is 1. The average molecular weight is 379 g/mol. The summed E-state index contributed by atoms with van der Waals surface area (Å²) in [4.78, 5) is 37.8. The summed E-state index contributed by atoms with van der Waals surface area (Å²) >= 11 is 0. The molecule has 2 aromatic carbocycles. The molecule has 0 radical (unpaired) electrons. The molecule has 1 N–H and O–H groups in total. The van der Waals surface area contributed by atoms with Gasteiger partial charge in [-0.15, -0.1) is 0 Å². The highest BCUT2D eigenvalue weighted by molar-refractivity contribution is 5.81. The van der Waals surface area contributed by atoms with Gasteiger partial charge < -0.3 is 5.32 Å². The number of nitrogens with zero attached hydrogens (tertiary/aromatic N) is 2. The first-order chi connectivity index (χ1) is 13.6. The number of carbonyl (C=O) groups excluding carboxylic acids is 1. The molecule has 6 nitrogen and oxygen atoms in total. The van der Waals surface area contributed by atoms with E-state index in [-0.39, 0.29) is 18.0 Å². The van der Waals surface area contributed by atoms with Crippen molar-refractivity contribution in [2.45, 2.75) is 39.3 Å². The van der Waals surface area contributed by atoms with Gasteiger partial charge in [-0.1, -0.05) is 49.4 Å². The smallest absolute Gasteiger partial charge is 0.331 e. The number of hydrogen-bond donors (Lipinski definition) is 1. The summed E-state index contributed by atoms with van der Waals surface area (Å²) in [5.41, 5.74) is 0.974. The lowest BCUT2D eigenvalue weighted by molar-refractivity contribution is -0.121. The van der Waals surface area contributed by atoms with Gasteiger partial charge in [-0.3, -0.25) is 18.7 Å². The Morgan fingerprint density at radius 3 is 2.43 bits per heavy atom. The van der Waals surface area contributed by atoms with E-state index in [2.05, 4.69) is 17.4 Å². The Kier molecular flexibility index (Phi) is 6.42. The molecule has 0 aliphatic carbocycles. The second-order valence-corrected chi connectivity index (χ2v) is 6.78. The number of hydrogen-bond acceptors (Lipinski definition) is 3. The van der Waals surface area contributed by atoms with Crippen molar-refractivity contribution in [3.8, 4) is 0 Å². The Balaban J connectivity index is 1.73. The molecule has 6 heteroatoms. The van der Waals surface area contributed by atoms with Crippen LogP contribution in [-0.4, -0.2) is 21.6 Å². The van der Waals surface area contributed by atoms with Crippen molar-refractivity contribution in [3.63, 3.8) is 0 Å². The maximum Gasteiger partial charge on any atom is 0.331 e. The molecular weight excluding hydrogens is 354 g/mol. The normalized spacial score (nSPS) is 10.9. The second-order valence-electron chi connectivity index (χ2n) is 6.78. The zero-order valence-corrected chi connectivity index (χ0v) is 16.1.